The molecule has 8 heteroatoms. The first-order valence-corrected chi connectivity index (χ1v) is 6.16. The van der Waals surface area contributed by atoms with E-state index in [0.29, 0.717) is 18.7 Å². The number of aromatic nitrogens is 1. The molecule has 1 aliphatic heterocycles. The van der Waals surface area contributed by atoms with Gasteiger partial charge in [-0.05, 0) is 19.4 Å². The number of nitrogens with two attached hydrogens (primary N) is 1. The van der Waals surface area contributed by atoms with Crippen LogP contribution >= 0.6 is 0 Å². The summed E-state index contributed by atoms with van der Waals surface area (Å²) < 4.78 is 0. The van der Waals surface area contributed by atoms with Gasteiger partial charge in [-0.15, -0.1) is 0 Å². The van der Waals surface area contributed by atoms with Crippen LogP contribution in [0.25, 0.3) is 0 Å². The molecule has 1 aromatic heterocycles. The quantitative estimate of drug-likeness (QED) is 0.637. The summed E-state index contributed by atoms with van der Waals surface area (Å²) in [6.07, 6.45) is 0.528. The second kappa shape index (κ2) is 5.24. The third-order valence-corrected chi connectivity index (χ3v) is 3.29. The summed E-state index contributed by atoms with van der Waals surface area (Å²) in [5, 5.41) is 11.6. The lowest BCUT2D eigenvalue weighted by atomic mass is 10.1. The van der Waals surface area contributed by atoms with Gasteiger partial charge < -0.3 is 26.0 Å². The normalized spacial score (nSPS) is 18.1. The molecule has 0 bridgehead atoms. The summed E-state index contributed by atoms with van der Waals surface area (Å²) in [6, 6.07) is 1.11. The lowest BCUT2D eigenvalue weighted by molar-refractivity contribution is -0.121. The minimum atomic E-state index is -1.15. The van der Waals surface area contributed by atoms with Crippen LogP contribution in [0.15, 0.2) is 6.07 Å². The Morgan fingerprint density at radius 3 is 2.75 bits per heavy atom. The Morgan fingerprint density at radius 1 is 1.50 bits per heavy atom. The summed E-state index contributed by atoms with van der Waals surface area (Å²) in [5.74, 6) is -1.92. The lowest BCUT2D eigenvalue weighted by Crippen LogP contribution is -2.35. The predicted octanol–water partition coefficient (Wildman–Crippen LogP) is 0.360. The van der Waals surface area contributed by atoms with Crippen LogP contribution in [0.4, 0.5) is 10.5 Å². The second-order valence-electron chi connectivity index (χ2n) is 4.81. The van der Waals surface area contributed by atoms with E-state index in [1.807, 2.05) is 0 Å². The Labute approximate surface area is 114 Å². The third kappa shape index (κ3) is 2.73. The van der Waals surface area contributed by atoms with Gasteiger partial charge in [0, 0.05) is 18.8 Å². The first kappa shape index (κ1) is 13.9. The van der Waals surface area contributed by atoms with Crippen LogP contribution in [0.1, 0.15) is 22.6 Å². The number of carbonyl (C=O) groups excluding carboxylic acids is 2. The average molecular weight is 280 g/mol. The van der Waals surface area contributed by atoms with E-state index in [1.54, 1.807) is 13.0 Å². The number of rotatable bonds is 3. The van der Waals surface area contributed by atoms with Gasteiger partial charge in [0.1, 0.15) is 5.69 Å². The van der Waals surface area contributed by atoms with E-state index < -0.39 is 17.9 Å². The van der Waals surface area contributed by atoms with E-state index in [0.717, 1.165) is 0 Å². The third-order valence-electron chi connectivity index (χ3n) is 3.29. The summed E-state index contributed by atoms with van der Waals surface area (Å²) >= 11 is 0. The average Bonchev–Trinajstić information content (AvgIpc) is 2.95. The number of likely N-dealkylation sites (tertiary alicyclic amines) is 1. The van der Waals surface area contributed by atoms with E-state index in [9.17, 15) is 14.4 Å². The van der Waals surface area contributed by atoms with Crippen molar-refractivity contribution in [3.8, 4) is 0 Å². The van der Waals surface area contributed by atoms with Crippen LogP contribution in [0, 0.1) is 12.8 Å². The van der Waals surface area contributed by atoms with Crippen LogP contribution in [-0.2, 0) is 4.79 Å². The van der Waals surface area contributed by atoms with E-state index in [4.69, 9.17) is 10.8 Å². The minimum Gasteiger partial charge on any atom is -0.477 e. The lowest BCUT2D eigenvalue weighted by Gasteiger charge is -2.16. The molecule has 8 nitrogen and oxygen atoms in total. The summed E-state index contributed by atoms with van der Waals surface area (Å²) in [6.45, 7) is 2.37. The molecule has 1 fully saturated rings. The highest BCUT2D eigenvalue weighted by atomic mass is 16.4. The molecule has 0 radical (unpaired) electrons. The zero-order valence-corrected chi connectivity index (χ0v) is 11.0. The number of carboxylic acids is 1. The topological polar surface area (TPSA) is 129 Å². The maximum Gasteiger partial charge on any atom is 0.354 e. The highest BCUT2D eigenvalue weighted by molar-refractivity contribution is 5.99. The SMILES string of the molecule is Cc1cc(NC(=O)N2CCC(C(N)=O)C2)c(C(=O)O)[nH]1. The monoisotopic (exact) mass is 280 g/mol. The number of anilines is 1. The number of primary amides is 1. The summed E-state index contributed by atoms with van der Waals surface area (Å²) in [4.78, 5) is 38.2. The fraction of sp³-hybridized carbons (Fsp3) is 0.417. The van der Waals surface area contributed by atoms with Crippen molar-refractivity contribution in [2.24, 2.45) is 11.7 Å². The Kier molecular flexibility index (Phi) is 3.64. The highest BCUT2D eigenvalue weighted by Gasteiger charge is 2.30. The van der Waals surface area contributed by atoms with Crippen LogP contribution in [0.3, 0.4) is 0 Å². The molecule has 108 valence electrons. The smallest absolute Gasteiger partial charge is 0.354 e. The molecular formula is C12H16N4O4. The number of urea groups is 1. The molecule has 0 saturated carbocycles. The van der Waals surface area contributed by atoms with Crippen molar-refractivity contribution in [3.63, 3.8) is 0 Å². The van der Waals surface area contributed by atoms with Gasteiger partial charge in [-0.3, -0.25) is 4.79 Å². The van der Waals surface area contributed by atoms with Crippen molar-refractivity contribution in [2.45, 2.75) is 13.3 Å². The van der Waals surface area contributed by atoms with Crippen molar-refractivity contribution in [1.82, 2.24) is 9.88 Å². The Morgan fingerprint density at radius 2 is 2.20 bits per heavy atom. The van der Waals surface area contributed by atoms with Gasteiger partial charge in [0.25, 0.3) is 0 Å². The van der Waals surface area contributed by atoms with E-state index in [-0.39, 0.29) is 23.8 Å². The number of aryl methyl sites for hydroxylation is 1. The largest absolute Gasteiger partial charge is 0.477 e. The molecule has 0 aliphatic carbocycles. The van der Waals surface area contributed by atoms with Crippen molar-refractivity contribution in [3.05, 3.63) is 17.5 Å². The summed E-state index contributed by atoms with van der Waals surface area (Å²) in [5.41, 5.74) is 5.98. The number of carbonyl (C=O) groups is 3. The van der Waals surface area contributed by atoms with Gasteiger partial charge >= 0.3 is 12.0 Å². The number of hydrogen-bond donors (Lipinski definition) is 4. The van der Waals surface area contributed by atoms with Crippen LogP contribution in [0.2, 0.25) is 0 Å². The van der Waals surface area contributed by atoms with Crippen molar-refractivity contribution in [2.75, 3.05) is 18.4 Å². The molecule has 2 rings (SSSR count). The minimum absolute atomic E-state index is 0.0681. The van der Waals surface area contributed by atoms with Gasteiger partial charge in [-0.25, -0.2) is 9.59 Å². The number of amides is 3. The van der Waals surface area contributed by atoms with Crippen molar-refractivity contribution in [1.29, 1.82) is 0 Å². The van der Waals surface area contributed by atoms with Crippen LogP contribution in [0.5, 0.6) is 0 Å². The number of aromatic amines is 1. The zero-order chi connectivity index (χ0) is 14.9. The molecule has 0 spiro atoms. The van der Waals surface area contributed by atoms with E-state index in [1.165, 1.54) is 4.90 Å². The standard InChI is InChI=1S/C12H16N4O4/c1-6-4-8(9(14-6)11(18)19)15-12(20)16-3-2-7(5-16)10(13)17/h4,7,14H,2-3,5H2,1H3,(H2,13,17)(H,15,20)(H,18,19). The first-order chi connectivity index (χ1) is 9.38. The molecule has 3 amide bonds. The highest BCUT2D eigenvalue weighted by Crippen LogP contribution is 2.20. The Hall–Kier alpha value is -2.51. The molecule has 5 N–H and O–H groups in total. The van der Waals surface area contributed by atoms with E-state index >= 15 is 0 Å². The fourth-order valence-corrected chi connectivity index (χ4v) is 2.23. The number of H-pyrrole nitrogens is 1. The van der Waals surface area contributed by atoms with E-state index in [2.05, 4.69) is 10.3 Å². The first-order valence-electron chi connectivity index (χ1n) is 6.16. The molecule has 1 atom stereocenters. The van der Waals surface area contributed by atoms with Gasteiger partial charge in [0.2, 0.25) is 5.91 Å². The molecule has 20 heavy (non-hydrogen) atoms. The Bertz CT molecular complexity index is 566. The van der Waals surface area contributed by atoms with Crippen molar-refractivity contribution >= 4 is 23.6 Å². The maximum atomic E-state index is 12.0. The van der Waals surface area contributed by atoms with Crippen LogP contribution in [-0.4, -0.2) is 46.0 Å². The molecular weight excluding hydrogens is 264 g/mol. The number of carboxylic acid groups (broad SMARTS) is 1. The molecule has 1 aromatic rings. The van der Waals surface area contributed by atoms with Crippen LogP contribution < -0.4 is 11.1 Å². The Balaban J connectivity index is 2.06. The molecule has 1 saturated heterocycles. The van der Waals surface area contributed by atoms with Crippen molar-refractivity contribution < 1.29 is 19.5 Å². The zero-order valence-electron chi connectivity index (χ0n) is 11.0. The number of hydrogen-bond acceptors (Lipinski definition) is 3. The molecule has 1 aliphatic rings. The number of nitrogens with zero attached hydrogens (tertiary/aromatic N) is 1. The molecule has 1 unspecified atom stereocenters. The number of aromatic carboxylic acids is 1. The predicted molar refractivity (Wildman–Crippen MR) is 70.4 cm³/mol. The van der Waals surface area contributed by atoms with Gasteiger partial charge in [-0.1, -0.05) is 0 Å². The van der Waals surface area contributed by atoms with Gasteiger partial charge in [0.05, 0.1) is 11.6 Å². The molecule has 0 aromatic carbocycles. The number of nitrogens with one attached hydrogen (secondary N) is 2. The second-order valence-corrected chi connectivity index (χ2v) is 4.81. The van der Waals surface area contributed by atoms with Gasteiger partial charge in [0.15, 0.2) is 0 Å². The maximum absolute atomic E-state index is 12.0. The fourth-order valence-electron chi connectivity index (χ4n) is 2.23. The molecule has 2 heterocycles. The van der Waals surface area contributed by atoms with Gasteiger partial charge in [-0.2, -0.15) is 0 Å². The summed E-state index contributed by atoms with van der Waals surface area (Å²) in [7, 11) is 0.